The number of anilines is 2. The minimum atomic E-state index is -0.0938. The molecular formula is C14H24N4OS. The average molecular weight is 296 g/mol. The van der Waals surface area contributed by atoms with Crippen LogP contribution in [0.1, 0.15) is 49.2 Å². The number of thiazole rings is 1. The number of hydrogen-bond donors (Lipinski definition) is 3. The molecule has 0 aliphatic heterocycles. The Morgan fingerprint density at radius 3 is 2.95 bits per heavy atom. The summed E-state index contributed by atoms with van der Waals surface area (Å²) in [6.07, 6.45) is 4.77. The number of rotatable bonds is 6. The monoisotopic (exact) mass is 296 g/mol. The lowest BCUT2D eigenvalue weighted by atomic mass is 9.98. The first-order chi connectivity index (χ1) is 9.61. The Kier molecular flexibility index (Phi) is 5.23. The summed E-state index contributed by atoms with van der Waals surface area (Å²) in [5, 5.41) is 6.89. The van der Waals surface area contributed by atoms with Crippen LogP contribution in [0.15, 0.2) is 0 Å². The number of nitrogens with one attached hydrogen (secondary N) is 2. The van der Waals surface area contributed by atoms with E-state index in [-0.39, 0.29) is 5.91 Å². The van der Waals surface area contributed by atoms with Crippen molar-refractivity contribution in [2.24, 2.45) is 11.8 Å². The second-order valence-corrected chi connectivity index (χ2v) is 6.54. The average Bonchev–Trinajstić information content (AvgIpc) is 3.00. The van der Waals surface area contributed by atoms with Crippen molar-refractivity contribution in [3.05, 3.63) is 4.88 Å². The van der Waals surface area contributed by atoms with E-state index in [0.717, 1.165) is 24.6 Å². The van der Waals surface area contributed by atoms with E-state index in [1.54, 1.807) is 0 Å². The number of amides is 1. The smallest absolute Gasteiger partial charge is 0.265 e. The molecule has 0 bridgehead atoms. The van der Waals surface area contributed by atoms with Gasteiger partial charge in [-0.05, 0) is 24.7 Å². The number of nitrogen functional groups attached to an aromatic ring is 1. The molecule has 0 spiro atoms. The van der Waals surface area contributed by atoms with E-state index in [0.29, 0.717) is 22.5 Å². The molecule has 0 aromatic carbocycles. The minimum absolute atomic E-state index is 0.0938. The van der Waals surface area contributed by atoms with E-state index in [9.17, 15) is 4.79 Å². The fourth-order valence-electron chi connectivity index (χ4n) is 2.63. The largest absolute Gasteiger partial charge is 0.382 e. The fourth-order valence-corrected chi connectivity index (χ4v) is 3.46. The van der Waals surface area contributed by atoms with Crippen molar-refractivity contribution in [2.75, 3.05) is 24.1 Å². The van der Waals surface area contributed by atoms with Crippen LogP contribution in [0.2, 0.25) is 0 Å². The van der Waals surface area contributed by atoms with Gasteiger partial charge in [-0.25, -0.2) is 4.98 Å². The lowest BCUT2D eigenvalue weighted by Crippen LogP contribution is -2.30. The quantitative estimate of drug-likeness (QED) is 0.754. The second-order valence-electron chi connectivity index (χ2n) is 5.54. The highest BCUT2D eigenvalue weighted by molar-refractivity contribution is 7.18. The molecule has 1 fully saturated rings. The molecule has 1 heterocycles. The SMILES string of the molecule is CCCNc1nc(N)c(C(=O)NCC2CCCC2C)s1. The van der Waals surface area contributed by atoms with Crippen molar-refractivity contribution in [2.45, 2.75) is 39.5 Å². The Morgan fingerprint density at radius 2 is 2.30 bits per heavy atom. The third-order valence-electron chi connectivity index (χ3n) is 3.95. The van der Waals surface area contributed by atoms with Crippen LogP contribution in [0.4, 0.5) is 10.9 Å². The summed E-state index contributed by atoms with van der Waals surface area (Å²) in [7, 11) is 0. The molecule has 2 unspecified atom stereocenters. The number of carbonyl (C=O) groups is 1. The molecule has 2 atom stereocenters. The molecular weight excluding hydrogens is 272 g/mol. The van der Waals surface area contributed by atoms with Gasteiger partial charge in [-0.15, -0.1) is 0 Å². The van der Waals surface area contributed by atoms with Gasteiger partial charge in [0.05, 0.1) is 0 Å². The maximum atomic E-state index is 12.2. The topological polar surface area (TPSA) is 80.0 Å². The van der Waals surface area contributed by atoms with Crippen LogP contribution in [-0.4, -0.2) is 24.0 Å². The van der Waals surface area contributed by atoms with Crippen LogP contribution >= 0.6 is 11.3 Å². The zero-order valence-corrected chi connectivity index (χ0v) is 13.1. The van der Waals surface area contributed by atoms with Crippen LogP contribution in [0.3, 0.4) is 0 Å². The molecule has 1 aliphatic rings. The molecule has 4 N–H and O–H groups in total. The van der Waals surface area contributed by atoms with Crippen LogP contribution in [0.25, 0.3) is 0 Å². The van der Waals surface area contributed by atoms with Crippen molar-refractivity contribution in [1.82, 2.24) is 10.3 Å². The van der Waals surface area contributed by atoms with Gasteiger partial charge in [0.25, 0.3) is 5.91 Å². The number of hydrogen-bond acceptors (Lipinski definition) is 5. The lowest BCUT2D eigenvalue weighted by Gasteiger charge is -2.15. The first kappa shape index (κ1) is 15.1. The predicted molar refractivity (Wildman–Crippen MR) is 84.1 cm³/mol. The van der Waals surface area contributed by atoms with Crippen molar-refractivity contribution in [3.63, 3.8) is 0 Å². The van der Waals surface area contributed by atoms with E-state index >= 15 is 0 Å². The highest BCUT2D eigenvalue weighted by Crippen LogP contribution is 2.31. The van der Waals surface area contributed by atoms with Gasteiger partial charge >= 0.3 is 0 Å². The standard InChI is InChI=1S/C14H24N4OS/c1-3-7-16-14-18-12(15)11(20-14)13(19)17-8-10-6-4-5-9(10)2/h9-10H,3-8,15H2,1-2H3,(H,16,18)(H,17,19). The van der Waals surface area contributed by atoms with E-state index in [1.807, 2.05) is 0 Å². The van der Waals surface area contributed by atoms with Crippen LogP contribution < -0.4 is 16.4 Å². The Hall–Kier alpha value is -1.30. The number of nitrogens with zero attached hydrogens (tertiary/aromatic N) is 1. The summed E-state index contributed by atoms with van der Waals surface area (Å²) >= 11 is 1.33. The normalized spacial score (nSPS) is 21.9. The Morgan fingerprint density at radius 1 is 1.50 bits per heavy atom. The predicted octanol–water partition coefficient (Wildman–Crippen LogP) is 2.71. The van der Waals surface area contributed by atoms with Crippen molar-refractivity contribution < 1.29 is 4.79 Å². The Balaban J connectivity index is 1.89. The molecule has 1 aromatic heterocycles. The van der Waals surface area contributed by atoms with Crippen molar-refractivity contribution in [3.8, 4) is 0 Å². The summed E-state index contributed by atoms with van der Waals surface area (Å²) in [5.41, 5.74) is 5.82. The summed E-state index contributed by atoms with van der Waals surface area (Å²) in [5.74, 6) is 1.54. The van der Waals surface area contributed by atoms with Crippen LogP contribution in [0, 0.1) is 11.8 Å². The molecule has 112 valence electrons. The molecule has 2 rings (SSSR count). The maximum absolute atomic E-state index is 12.2. The van der Waals surface area contributed by atoms with Crippen LogP contribution in [0.5, 0.6) is 0 Å². The molecule has 6 heteroatoms. The molecule has 1 saturated carbocycles. The zero-order chi connectivity index (χ0) is 14.5. The van der Waals surface area contributed by atoms with Gasteiger partial charge < -0.3 is 16.4 Å². The van der Waals surface area contributed by atoms with Gasteiger partial charge in [0.15, 0.2) is 5.13 Å². The highest BCUT2D eigenvalue weighted by Gasteiger charge is 2.24. The molecule has 0 radical (unpaired) electrons. The number of carbonyl (C=O) groups excluding carboxylic acids is 1. The van der Waals surface area contributed by atoms with Gasteiger partial charge in [-0.3, -0.25) is 4.79 Å². The Bertz CT molecular complexity index is 460. The zero-order valence-electron chi connectivity index (χ0n) is 12.2. The Labute approximate surface area is 124 Å². The third kappa shape index (κ3) is 3.62. The van der Waals surface area contributed by atoms with Crippen molar-refractivity contribution in [1.29, 1.82) is 0 Å². The third-order valence-corrected chi connectivity index (χ3v) is 4.98. The molecule has 1 amide bonds. The molecule has 1 aliphatic carbocycles. The molecule has 1 aromatic rings. The molecule has 0 saturated heterocycles. The summed E-state index contributed by atoms with van der Waals surface area (Å²) in [4.78, 5) is 16.9. The first-order valence-corrected chi connectivity index (χ1v) is 8.21. The number of aromatic nitrogens is 1. The summed E-state index contributed by atoms with van der Waals surface area (Å²) in [6.45, 7) is 5.93. The van der Waals surface area contributed by atoms with E-state index in [1.165, 1.54) is 30.6 Å². The molecule has 20 heavy (non-hydrogen) atoms. The van der Waals surface area contributed by atoms with Gasteiger partial charge in [0, 0.05) is 13.1 Å². The van der Waals surface area contributed by atoms with Gasteiger partial charge in [-0.2, -0.15) is 0 Å². The second kappa shape index (κ2) is 6.92. The van der Waals surface area contributed by atoms with E-state index < -0.39 is 0 Å². The van der Waals surface area contributed by atoms with Crippen molar-refractivity contribution >= 4 is 28.2 Å². The van der Waals surface area contributed by atoms with Gasteiger partial charge in [0.2, 0.25) is 0 Å². The fraction of sp³-hybridized carbons (Fsp3) is 0.714. The molecule has 5 nitrogen and oxygen atoms in total. The van der Waals surface area contributed by atoms with E-state index in [4.69, 9.17) is 5.73 Å². The number of nitrogens with two attached hydrogens (primary N) is 1. The summed E-state index contributed by atoms with van der Waals surface area (Å²) < 4.78 is 0. The van der Waals surface area contributed by atoms with Crippen LogP contribution in [-0.2, 0) is 0 Å². The van der Waals surface area contributed by atoms with E-state index in [2.05, 4.69) is 29.5 Å². The maximum Gasteiger partial charge on any atom is 0.265 e. The first-order valence-electron chi connectivity index (χ1n) is 7.40. The highest BCUT2D eigenvalue weighted by atomic mass is 32.1. The lowest BCUT2D eigenvalue weighted by molar-refractivity contribution is 0.0949. The minimum Gasteiger partial charge on any atom is -0.382 e. The van der Waals surface area contributed by atoms with Gasteiger partial charge in [-0.1, -0.05) is 38.0 Å². The van der Waals surface area contributed by atoms with Gasteiger partial charge in [0.1, 0.15) is 10.7 Å². The summed E-state index contributed by atoms with van der Waals surface area (Å²) in [6, 6.07) is 0.